The normalized spacial score (nSPS) is 15.9. The van der Waals surface area contributed by atoms with Crippen LogP contribution < -0.4 is 0 Å². The van der Waals surface area contributed by atoms with Crippen LogP contribution in [0.5, 0.6) is 5.75 Å². The third kappa shape index (κ3) is 3.39. The number of methoxy groups -OCH3 is 2. The number of nitrogens with one attached hydrogen (secondary N) is 1. The maximum absolute atomic E-state index is 13.2. The number of phenolic OH excluding ortho intramolecular Hbond substituents is 1. The number of ether oxygens (including phenoxy) is 2. The average Bonchev–Trinajstić information content (AvgIpc) is 3.27. The Kier molecular flexibility index (Phi) is 5.08. The molecule has 7 heteroatoms. The van der Waals surface area contributed by atoms with Gasteiger partial charge in [0.2, 0.25) is 0 Å². The van der Waals surface area contributed by atoms with E-state index >= 15 is 0 Å². The molecule has 0 bridgehead atoms. The maximum atomic E-state index is 13.2. The Morgan fingerprint density at radius 3 is 2.38 bits per heavy atom. The Morgan fingerprint density at radius 2 is 1.76 bits per heavy atom. The first-order chi connectivity index (χ1) is 14.0. The van der Waals surface area contributed by atoms with E-state index in [9.17, 15) is 9.90 Å². The summed E-state index contributed by atoms with van der Waals surface area (Å²) in [6.07, 6.45) is -0.541. The number of aromatic amines is 1. The van der Waals surface area contributed by atoms with Gasteiger partial charge in [0.1, 0.15) is 11.4 Å². The van der Waals surface area contributed by atoms with Gasteiger partial charge in [-0.1, -0.05) is 29.8 Å². The molecule has 1 amide bonds. The fraction of sp³-hybridized carbons (Fsp3) is 0.273. The summed E-state index contributed by atoms with van der Waals surface area (Å²) in [5.41, 5.74) is 4.91. The molecular weight excluding hydrogens is 370 g/mol. The molecule has 2 N–H and O–H groups in total. The summed E-state index contributed by atoms with van der Waals surface area (Å²) in [5, 5.41) is 17.0. The Bertz CT molecular complexity index is 1010. The van der Waals surface area contributed by atoms with Gasteiger partial charge >= 0.3 is 0 Å². The molecule has 0 saturated carbocycles. The van der Waals surface area contributed by atoms with E-state index in [1.165, 1.54) is 0 Å². The van der Waals surface area contributed by atoms with E-state index < -0.39 is 6.29 Å². The highest BCUT2D eigenvalue weighted by Gasteiger charge is 2.43. The molecule has 0 spiro atoms. The van der Waals surface area contributed by atoms with Gasteiger partial charge in [0.05, 0.1) is 18.3 Å². The third-order valence-electron chi connectivity index (χ3n) is 5.27. The summed E-state index contributed by atoms with van der Waals surface area (Å²) in [7, 11) is 3.11. The van der Waals surface area contributed by atoms with Gasteiger partial charge in [-0.3, -0.25) is 9.89 Å². The van der Waals surface area contributed by atoms with Gasteiger partial charge in [-0.2, -0.15) is 5.10 Å². The fourth-order valence-corrected chi connectivity index (χ4v) is 3.73. The zero-order valence-electron chi connectivity index (χ0n) is 16.5. The molecule has 29 heavy (non-hydrogen) atoms. The van der Waals surface area contributed by atoms with Crippen molar-refractivity contribution in [2.45, 2.75) is 19.3 Å². The monoisotopic (exact) mass is 393 g/mol. The van der Waals surface area contributed by atoms with Gasteiger partial charge in [0.15, 0.2) is 6.29 Å². The van der Waals surface area contributed by atoms with Crippen molar-refractivity contribution in [3.63, 3.8) is 0 Å². The topological polar surface area (TPSA) is 87.7 Å². The van der Waals surface area contributed by atoms with Gasteiger partial charge in [0, 0.05) is 25.3 Å². The number of phenols is 1. The van der Waals surface area contributed by atoms with E-state index in [0.29, 0.717) is 11.4 Å². The summed E-state index contributed by atoms with van der Waals surface area (Å²) < 4.78 is 10.7. The van der Waals surface area contributed by atoms with Crippen LogP contribution >= 0.6 is 0 Å². The van der Waals surface area contributed by atoms with Gasteiger partial charge in [-0.05, 0) is 36.8 Å². The highest BCUT2D eigenvalue weighted by Crippen LogP contribution is 2.43. The van der Waals surface area contributed by atoms with E-state index in [4.69, 9.17) is 9.47 Å². The van der Waals surface area contributed by atoms with Crippen LogP contribution in [0.2, 0.25) is 0 Å². The molecule has 0 aliphatic carbocycles. The zero-order valence-corrected chi connectivity index (χ0v) is 16.5. The predicted molar refractivity (Wildman–Crippen MR) is 108 cm³/mol. The number of hydrogen-bond acceptors (Lipinski definition) is 5. The van der Waals surface area contributed by atoms with Crippen LogP contribution in [-0.2, 0) is 9.47 Å². The molecule has 1 aliphatic heterocycles. The molecule has 1 unspecified atom stereocenters. The Hall–Kier alpha value is -3.16. The molecule has 7 nitrogen and oxygen atoms in total. The van der Waals surface area contributed by atoms with Crippen LogP contribution in [0.4, 0.5) is 0 Å². The minimum atomic E-state index is -0.541. The minimum Gasteiger partial charge on any atom is -0.508 e. The minimum absolute atomic E-state index is 0.151. The first-order valence-electron chi connectivity index (χ1n) is 9.34. The molecule has 1 aromatic heterocycles. The number of carbonyl (C=O) groups excluding carboxylic acids is 1. The van der Waals surface area contributed by atoms with Gasteiger partial charge in [0.25, 0.3) is 5.91 Å². The number of aryl methyl sites for hydroxylation is 1. The number of aromatic hydroxyl groups is 1. The second-order valence-corrected chi connectivity index (χ2v) is 7.08. The molecule has 2 heterocycles. The van der Waals surface area contributed by atoms with Crippen molar-refractivity contribution in [1.29, 1.82) is 0 Å². The van der Waals surface area contributed by atoms with Crippen molar-refractivity contribution in [3.05, 3.63) is 70.9 Å². The van der Waals surface area contributed by atoms with Crippen molar-refractivity contribution in [1.82, 2.24) is 15.1 Å². The van der Waals surface area contributed by atoms with Crippen LogP contribution in [0.25, 0.3) is 11.3 Å². The molecule has 3 aromatic rings. The van der Waals surface area contributed by atoms with Crippen LogP contribution in [0.1, 0.15) is 33.2 Å². The van der Waals surface area contributed by atoms with Gasteiger partial charge in [-0.25, -0.2) is 0 Å². The van der Waals surface area contributed by atoms with Crippen LogP contribution in [-0.4, -0.2) is 53.2 Å². The van der Waals surface area contributed by atoms with E-state index in [1.807, 2.05) is 31.2 Å². The predicted octanol–water partition coefficient (Wildman–Crippen LogP) is 3.25. The highest BCUT2D eigenvalue weighted by atomic mass is 16.7. The lowest BCUT2D eigenvalue weighted by atomic mass is 9.95. The number of fused-ring (bicyclic) bond motifs is 1. The standard InChI is InChI=1S/C22H23N3O4/c1-13-4-6-15(7-5-13)21-18-19(14-8-10-16(26)11-9-14)23-24-20(18)22(27)25(21)12-17(28-2)29-3/h4-11,17,21,26H,12H2,1-3H3,(H,23,24). The first-order valence-corrected chi connectivity index (χ1v) is 9.34. The van der Waals surface area contributed by atoms with Crippen molar-refractivity contribution in [2.75, 3.05) is 20.8 Å². The quantitative estimate of drug-likeness (QED) is 0.628. The molecule has 150 valence electrons. The van der Waals surface area contributed by atoms with E-state index in [2.05, 4.69) is 10.2 Å². The van der Waals surface area contributed by atoms with Gasteiger partial charge < -0.3 is 19.5 Å². The number of aromatic nitrogens is 2. The summed E-state index contributed by atoms with van der Waals surface area (Å²) in [6, 6.07) is 14.6. The summed E-state index contributed by atoms with van der Waals surface area (Å²) in [6.45, 7) is 2.31. The zero-order chi connectivity index (χ0) is 20.5. The van der Waals surface area contributed by atoms with Crippen molar-refractivity contribution in [3.8, 4) is 17.0 Å². The largest absolute Gasteiger partial charge is 0.508 e. The molecule has 0 saturated heterocycles. The Labute approximate surface area is 168 Å². The van der Waals surface area contributed by atoms with E-state index in [-0.39, 0.29) is 24.2 Å². The molecule has 2 aromatic carbocycles. The first kappa shape index (κ1) is 19.2. The molecule has 0 fully saturated rings. The average molecular weight is 393 g/mol. The summed E-state index contributed by atoms with van der Waals surface area (Å²) in [4.78, 5) is 15.0. The van der Waals surface area contributed by atoms with Crippen molar-refractivity contribution >= 4 is 5.91 Å². The van der Waals surface area contributed by atoms with Crippen LogP contribution in [0, 0.1) is 6.92 Å². The third-order valence-corrected chi connectivity index (χ3v) is 5.27. The summed E-state index contributed by atoms with van der Waals surface area (Å²) >= 11 is 0. The van der Waals surface area contributed by atoms with Crippen LogP contribution in [0.15, 0.2) is 48.5 Å². The highest BCUT2D eigenvalue weighted by molar-refractivity contribution is 6.00. The van der Waals surface area contributed by atoms with Crippen LogP contribution in [0.3, 0.4) is 0 Å². The number of hydrogen-bond donors (Lipinski definition) is 2. The Morgan fingerprint density at radius 1 is 1.10 bits per heavy atom. The fourth-order valence-electron chi connectivity index (χ4n) is 3.73. The molecular formula is C22H23N3O4. The van der Waals surface area contributed by atoms with Crippen molar-refractivity contribution in [2.24, 2.45) is 0 Å². The lowest BCUT2D eigenvalue weighted by molar-refractivity contribution is -0.113. The molecule has 0 radical (unpaired) electrons. The van der Waals surface area contributed by atoms with E-state index in [0.717, 1.165) is 22.3 Å². The second kappa shape index (κ2) is 7.69. The van der Waals surface area contributed by atoms with E-state index in [1.54, 1.807) is 43.4 Å². The summed E-state index contributed by atoms with van der Waals surface area (Å²) in [5.74, 6) is 0.0268. The number of amides is 1. The molecule has 1 aliphatic rings. The number of carbonyl (C=O) groups is 1. The lowest BCUT2D eigenvalue weighted by Crippen LogP contribution is -2.38. The maximum Gasteiger partial charge on any atom is 0.273 e. The second-order valence-electron chi connectivity index (χ2n) is 7.08. The molecule has 4 rings (SSSR count). The smallest absolute Gasteiger partial charge is 0.273 e. The Balaban J connectivity index is 1.84. The number of nitrogens with zero attached hydrogens (tertiary/aromatic N) is 2. The lowest BCUT2D eigenvalue weighted by Gasteiger charge is -2.29. The molecule has 1 atom stereocenters. The van der Waals surface area contributed by atoms with Crippen molar-refractivity contribution < 1.29 is 19.4 Å². The number of rotatable bonds is 6. The number of H-pyrrole nitrogens is 1. The number of benzene rings is 2. The SMILES string of the molecule is COC(CN1C(=O)c2[nH]nc(-c3ccc(O)cc3)c2C1c1ccc(C)cc1)OC. The van der Waals surface area contributed by atoms with Gasteiger partial charge in [-0.15, -0.1) is 0 Å².